The summed E-state index contributed by atoms with van der Waals surface area (Å²) in [4.78, 5) is 19.8. The average Bonchev–Trinajstić information content (AvgIpc) is 3.29. The lowest BCUT2D eigenvalue weighted by molar-refractivity contribution is -0.131. The number of fused-ring (bicyclic) bond motifs is 1. The van der Waals surface area contributed by atoms with Crippen LogP contribution in [0, 0.1) is 13.8 Å². The molecule has 130 valence electrons. The third kappa shape index (κ3) is 2.62. The molecule has 0 saturated carbocycles. The van der Waals surface area contributed by atoms with Crippen molar-refractivity contribution in [2.75, 3.05) is 6.54 Å². The second-order valence-electron chi connectivity index (χ2n) is 6.85. The van der Waals surface area contributed by atoms with Crippen LogP contribution >= 0.6 is 0 Å². The van der Waals surface area contributed by atoms with E-state index in [0.29, 0.717) is 6.42 Å². The molecule has 0 aliphatic carbocycles. The van der Waals surface area contributed by atoms with Crippen molar-refractivity contribution in [1.29, 1.82) is 0 Å². The van der Waals surface area contributed by atoms with Crippen LogP contribution in [0.15, 0.2) is 24.3 Å². The molecule has 1 atom stereocenters. The first-order valence-corrected chi connectivity index (χ1v) is 8.77. The molecule has 4 rings (SSSR count). The molecule has 1 N–H and O–H groups in total. The van der Waals surface area contributed by atoms with Crippen LogP contribution in [0.5, 0.6) is 0 Å². The van der Waals surface area contributed by atoms with Crippen molar-refractivity contribution in [2.45, 2.75) is 39.2 Å². The first kappa shape index (κ1) is 15.9. The number of carbonyl (C=O) groups excluding carboxylic acids is 1. The van der Waals surface area contributed by atoms with Gasteiger partial charge < -0.3 is 9.47 Å². The van der Waals surface area contributed by atoms with E-state index in [0.717, 1.165) is 53.2 Å². The number of para-hydroxylation sites is 2. The highest BCUT2D eigenvalue weighted by Gasteiger charge is 2.33. The fraction of sp³-hybridized carbons (Fsp3) is 0.421. The molecule has 3 aromatic rings. The van der Waals surface area contributed by atoms with Crippen LogP contribution in [0.3, 0.4) is 0 Å². The summed E-state index contributed by atoms with van der Waals surface area (Å²) in [5.74, 6) is 1.13. The number of carbonyl (C=O) groups is 1. The predicted octanol–water partition coefficient (Wildman–Crippen LogP) is 2.82. The lowest BCUT2D eigenvalue weighted by atomic mass is 10.1. The number of imidazole rings is 1. The highest BCUT2D eigenvalue weighted by atomic mass is 16.2. The Morgan fingerprint density at radius 2 is 2.12 bits per heavy atom. The van der Waals surface area contributed by atoms with Gasteiger partial charge >= 0.3 is 0 Å². The number of amides is 1. The highest BCUT2D eigenvalue weighted by Crippen LogP contribution is 2.33. The highest BCUT2D eigenvalue weighted by molar-refractivity contribution is 5.80. The standard InChI is InChI=1S/C19H23N5O/c1-12-14(13(2)22-21-12)11-18(25)24-10-6-9-17(24)19-20-15-7-4-5-8-16(15)23(19)3/h4-5,7-8,17H,6,9-11H2,1-3H3,(H,21,22)/t17-/m1/s1. The van der Waals surface area contributed by atoms with Gasteiger partial charge in [-0.05, 0) is 38.8 Å². The Balaban J connectivity index is 1.63. The smallest absolute Gasteiger partial charge is 0.227 e. The number of likely N-dealkylation sites (tertiary alicyclic amines) is 1. The topological polar surface area (TPSA) is 66.8 Å². The Morgan fingerprint density at radius 1 is 1.32 bits per heavy atom. The molecule has 1 aliphatic heterocycles. The Bertz CT molecular complexity index is 919. The molecule has 1 amide bonds. The molecule has 6 heteroatoms. The van der Waals surface area contributed by atoms with Crippen molar-refractivity contribution >= 4 is 16.9 Å². The molecular weight excluding hydrogens is 314 g/mol. The molecule has 1 aromatic carbocycles. The predicted molar refractivity (Wildman–Crippen MR) is 96.2 cm³/mol. The molecule has 1 aliphatic rings. The van der Waals surface area contributed by atoms with Crippen molar-refractivity contribution in [3.63, 3.8) is 0 Å². The molecule has 1 saturated heterocycles. The summed E-state index contributed by atoms with van der Waals surface area (Å²) in [6.45, 7) is 4.71. The monoisotopic (exact) mass is 337 g/mol. The Morgan fingerprint density at radius 3 is 2.84 bits per heavy atom. The summed E-state index contributed by atoms with van der Waals surface area (Å²) in [5.41, 5.74) is 4.99. The van der Waals surface area contributed by atoms with Crippen molar-refractivity contribution in [3.8, 4) is 0 Å². The quantitative estimate of drug-likeness (QED) is 0.799. The largest absolute Gasteiger partial charge is 0.332 e. The van der Waals surface area contributed by atoms with E-state index in [2.05, 4.69) is 20.8 Å². The van der Waals surface area contributed by atoms with Crippen molar-refractivity contribution in [2.24, 2.45) is 7.05 Å². The van der Waals surface area contributed by atoms with Gasteiger partial charge in [-0.2, -0.15) is 5.10 Å². The Labute approximate surface area is 146 Å². The SMILES string of the molecule is Cc1n[nH]c(C)c1CC(=O)N1CCC[C@@H]1c1nc2ccccc2n1C. The third-order valence-corrected chi connectivity index (χ3v) is 5.30. The summed E-state index contributed by atoms with van der Waals surface area (Å²) < 4.78 is 2.12. The van der Waals surface area contributed by atoms with Crippen LogP contribution in [-0.2, 0) is 18.3 Å². The van der Waals surface area contributed by atoms with E-state index in [1.807, 2.05) is 44.0 Å². The summed E-state index contributed by atoms with van der Waals surface area (Å²) in [5, 5.41) is 7.17. The molecular formula is C19H23N5O. The average molecular weight is 337 g/mol. The van der Waals surface area contributed by atoms with Gasteiger partial charge in [0.2, 0.25) is 5.91 Å². The Kier molecular flexibility index (Phi) is 3.82. The second-order valence-corrected chi connectivity index (χ2v) is 6.85. The lowest BCUT2D eigenvalue weighted by Gasteiger charge is -2.24. The van der Waals surface area contributed by atoms with Crippen molar-refractivity contribution in [3.05, 3.63) is 47.0 Å². The molecule has 0 unspecified atom stereocenters. The van der Waals surface area contributed by atoms with Crippen LogP contribution in [0.2, 0.25) is 0 Å². The van der Waals surface area contributed by atoms with Gasteiger partial charge in [0.15, 0.2) is 0 Å². The molecule has 3 heterocycles. The number of aromatic amines is 1. The minimum Gasteiger partial charge on any atom is -0.332 e. The molecule has 0 spiro atoms. The summed E-state index contributed by atoms with van der Waals surface area (Å²) in [6.07, 6.45) is 2.38. The maximum absolute atomic E-state index is 13.0. The summed E-state index contributed by atoms with van der Waals surface area (Å²) in [6, 6.07) is 8.18. The number of rotatable bonds is 3. The van der Waals surface area contributed by atoms with Gasteiger partial charge in [-0.25, -0.2) is 4.98 Å². The van der Waals surface area contributed by atoms with Gasteiger partial charge in [0.1, 0.15) is 5.82 Å². The first-order chi connectivity index (χ1) is 12.1. The van der Waals surface area contributed by atoms with Crippen molar-refractivity contribution in [1.82, 2.24) is 24.6 Å². The summed E-state index contributed by atoms with van der Waals surface area (Å²) in [7, 11) is 2.04. The van der Waals surface area contributed by atoms with Gasteiger partial charge in [0.25, 0.3) is 0 Å². The van der Waals surface area contributed by atoms with E-state index in [1.54, 1.807) is 0 Å². The number of hydrogen-bond acceptors (Lipinski definition) is 3. The maximum Gasteiger partial charge on any atom is 0.227 e. The van der Waals surface area contributed by atoms with Crippen LogP contribution < -0.4 is 0 Å². The number of aromatic nitrogens is 4. The zero-order valence-corrected chi connectivity index (χ0v) is 14.9. The van der Waals surface area contributed by atoms with Gasteiger partial charge in [0.05, 0.1) is 29.2 Å². The number of aryl methyl sites for hydroxylation is 3. The Hall–Kier alpha value is -2.63. The van der Waals surface area contributed by atoms with Crippen LogP contribution in [0.1, 0.15) is 41.7 Å². The van der Waals surface area contributed by atoms with Gasteiger partial charge in [-0.1, -0.05) is 12.1 Å². The van der Waals surface area contributed by atoms with Crippen LogP contribution in [-0.4, -0.2) is 37.1 Å². The molecule has 0 radical (unpaired) electrons. The van der Waals surface area contributed by atoms with E-state index < -0.39 is 0 Å². The summed E-state index contributed by atoms with van der Waals surface area (Å²) >= 11 is 0. The van der Waals surface area contributed by atoms with Gasteiger partial charge in [-0.3, -0.25) is 9.89 Å². The zero-order chi connectivity index (χ0) is 17.6. The van der Waals surface area contributed by atoms with E-state index in [1.165, 1.54) is 0 Å². The number of nitrogens with zero attached hydrogens (tertiary/aromatic N) is 4. The number of H-pyrrole nitrogens is 1. The van der Waals surface area contributed by atoms with E-state index in [9.17, 15) is 4.79 Å². The fourth-order valence-electron chi connectivity index (χ4n) is 3.88. The molecule has 2 aromatic heterocycles. The maximum atomic E-state index is 13.0. The van der Waals surface area contributed by atoms with E-state index in [4.69, 9.17) is 4.98 Å². The molecule has 1 fully saturated rings. The first-order valence-electron chi connectivity index (χ1n) is 8.77. The number of hydrogen-bond donors (Lipinski definition) is 1. The van der Waals surface area contributed by atoms with Gasteiger partial charge in [0, 0.05) is 24.8 Å². The molecule has 0 bridgehead atoms. The van der Waals surface area contributed by atoms with E-state index >= 15 is 0 Å². The lowest BCUT2D eigenvalue weighted by Crippen LogP contribution is -2.33. The van der Waals surface area contributed by atoms with Crippen LogP contribution in [0.4, 0.5) is 0 Å². The fourth-order valence-corrected chi connectivity index (χ4v) is 3.88. The zero-order valence-electron chi connectivity index (χ0n) is 14.9. The minimum absolute atomic E-state index is 0.0532. The normalized spacial score (nSPS) is 17.6. The number of benzene rings is 1. The third-order valence-electron chi connectivity index (χ3n) is 5.30. The van der Waals surface area contributed by atoms with Crippen LogP contribution in [0.25, 0.3) is 11.0 Å². The minimum atomic E-state index is 0.0532. The van der Waals surface area contributed by atoms with Gasteiger partial charge in [-0.15, -0.1) is 0 Å². The van der Waals surface area contributed by atoms with E-state index in [-0.39, 0.29) is 11.9 Å². The number of nitrogens with one attached hydrogen (secondary N) is 1. The second kappa shape index (κ2) is 6.02. The molecule has 25 heavy (non-hydrogen) atoms. The molecule has 6 nitrogen and oxygen atoms in total. The van der Waals surface area contributed by atoms with Crippen molar-refractivity contribution < 1.29 is 4.79 Å².